The number of rotatable bonds is 8. The molecular formula is C23H24O4. The Morgan fingerprint density at radius 1 is 0.704 bits per heavy atom. The van der Waals surface area contributed by atoms with E-state index < -0.39 is 5.41 Å². The van der Waals surface area contributed by atoms with Crippen LogP contribution in [0.1, 0.15) is 25.0 Å². The molecule has 2 aromatic rings. The second-order valence-electron chi connectivity index (χ2n) is 6.57. The van der Waals surface area contributed by atoms with Gasteiger partial charge >= 0.3 is 0 Å². The number of carbonyl (C=O) groups excluding carboxylic acids is 2. The van der Waals surface area contributed by atoms with Crippen molar-refractivity contribution < 1.29 is 19.1 Å². The monoisotopic (exact) mass is 364 g/mol. The molecule has 2 rings (SSSR count). The molecular weight excluding hydrogens is 340 g/mol. The molecule has 0 fully saturated rings. The molecule has 0 aliphatic carbocycles. The normalized spacial score (nSPS) is 11.7. The highest BCUT2D eigenvalue weighted by molar-refractivity contribution is 6.16. The molecule has 0 N–H and O–H groups in total. The SMILES string of the molecule is COc1ccc(C=CC(=O)C(C)(C)C(=O)C=Cc2ccc(OC)cc2)cc1. The van der Waals surface area contributed by atoms with Crippen molar-refractivity contribution in [2.24, 2.45) is 5.41 Å². The van der Waals surface area contributed by atoms with Gasteiger partial charge in [-0.15, -0.1) is 0 Å². The maximum atomic E-state index is 12.5. The van der Waals surface area contributed by atoms with Gasteiger partial charge in [0.1, 0.15) is 11.5 Å². The third-order valence-electron chi connectivity index (χ3n) is 4.32. The fourth-order valence-electron chi connectivity index (χ4n) is 2.31. The summed E-state index contributed by atoms with van der Waals surface area (Å²) in [4.78, 5) is 25.0. The standard InChI is InChI=1S/C23H24O4/c1-23(2,21(24)15-9-17-5-11-19(26-3)12-6-17)22(25)16-10-18-7-13-20(27-4)14-8-18/h5-16H,1-4H3. The minimum atomic E-state index is -1.13. The van der Waals surface area contributed by atoms with Gasteiger partial charge in [-0.3, -0.25) is 9.59 Å². The topological polar surface area (TPSA) is 52.6 Å². The Kier molecular flexibility index (Phi) is 6.72. The van der Waals surface area contributed by atoms with Crippen molar-refractivity contribution in [3.63, 3.8) is 0 Å². The Hall–Kier alpha value is -3.14. The molecule has 0 saturated carbocycles. The Balaban J connectivity index is 2.05. The lowest BCUT2D eigenvalue weighted by molar-refractivity contribution is -0.132. The lowest BCUT2D eigenvalue weighted by atomic mass is 9.82. The van der Waals surface area contributed by atoms with Crippen LogP contribution in [0.3, 0.4) is 0 Å². The fraction of sp³-hybridized carbons (Fsp3) is 0.217. The Bertz CT molecular complexity index is 769. The van der Waals surface area contributed by atoms with Gasteiger partial charge in [0, 0.05) is 0 Å². The molecule has 0 aliphatic rings. The third kappa shape index (κ3) is 5.42. The summed E-state index contributed by atoms with van der Waals surface area (Å²) in [5.41, 5.74) is 0.591. The van der Waals surface area contributed by atoms with Crippen molar-refractivity contribution in [2.45, 2.75) is 13.8 Å². The van der Waals surface area contributed by atoms with E-state index in [4.69, 9.17) is 9.47 Å². The van der Waals surface area contributed by atoms with Crippen LogP contribution in [0.25, 0.3) is 12.2 Å². The van der Waals surface area contributed by atoms with Crippen LogP contribution < -0.4 is 9.47 Å². The highest BCUT2D eigenvalue weighted by Crippen LogP contribution is 2.22. The molecule has 140 valence electrons. The second kappa shape index (κ2) is 8.99. The number of methoxy groups -OCH3 is 2. The summed E-state index contributed by atoms with van der Waals surface area (Å²) in [5.74, 6) is 1.00. The molecule has 0 aromatic heterocycles. The molecule has 0 heterocycles. The summed E-state index contributed by atoms with van der Waals surface area (Å²) < 4.78 is 10.2. The van der Waals surface area contributed by atoms with E-state index in [1.807, 2.05) is 48.5 Å². The number of carbonyl (C=O) groups is 2. The molecule has 4 heteroatoms. The van der Waals surface area contributed by atoms with Gasteiger partial charge in [-0.05, 0) is 61.4 Å². The van der Waals surface area contributed by atoms with Crippen LogP contribution in [0.2, 0.25) is 0 Å². The zero-order valence-corrected chi connectivity index (χ0v) is 16.1. The predicted octanol–water partition coefficient (Wildman–Crippen LogP) is 4.59. The highest BCUT2D eigenvalue weighted by Gasteiger charge is 2.32. The molecule has 0 unspecified atom stereocenters. The van der Waals surface area contributed by atoms with E-state index in [1.54, 1.807) is 40.2 Å². The lowest BCUT2D eigenvalue weighted by Gasteiger charge is -2.17. The van der Waals surface area contributed by atoms with Crippen LogP contribution in [0.5, 0.6) is 11.5 Å². The fourth-order valence-corrected chi connectivity index (χ4v) is 2.31. The first-order valence-corrected chi connectivity index (χ1v) is 8.60. The quantitative estimate of drug-likeness (QED) is 0.508. The van der Waals surface area contributed by atoms with Crippen molar-refractivity contribution in [2.75, 3.05) is 14.2 Å². The molecule has 0 atom stereocenters. The summed E-state index contributed by atoms with van der Waals surface area (Å²) in [7, 11) is 3.20. The highest BCUT2D eigenvalue weighted by atomic mass is 16.5. The van der Waals surface area contributed by atoms with Gasteiger partial charge < -0.3 is 9.47 Å². The van der Waals surface area contributed by atoms with Gasteiger partial charge in [-0.1, -0.05) is 36.4 Å². The Labute approximate surface area is 160 Å². The zero-order valence-electron chi connectivity index (χ0n) is 16.1. The summed E-state index contributed by atoms with van der Waals surface area (Å²) in [6.07, 6.45) is 6.29. The van der Waals surface area contributed by atoms with Gasteiger partial charge in [0.15, 0.2) is 11.6 Å². The molecule has 0 amide bonds. The number of allylic oxidation sites excluding steroid dienone is 2. The van der Waals surface area contributed by atoms with E-state index in [1.165, 1.54) is 12.2 Å². The van der Waals surface area contributed by atoms with Crippen molar-refractivity contribution in [3.05, 3.63) is 71.8 Å². The predicted molar refractivity (Wildman–Crippen MR) is 108 cm³/mol. The molecule has 0 saturated heterocycles. The van der Waals surface area contributed by atoms with E-state index in [2.05, 4.69) is 0 Å². The van der Waals surface area contributed by atoms with Gasteiger partial charge in [0.2, 0.25) is 0 Å². The zero-order chi connectivity index (χ0) is 19.9. The Morgan fingerprint density at radius 3 is 1.33 bits per heavy atom. The molecule has 27 heavy (non-hydrogen) atoms. The molecule has 4 nitrogen and oxygen atoms in total. The Morgan fingerprint density at radius 2 is 1.04 bits per heavy atom. The second-order valence-corrected chi connectivity index (χ2v) is 6.57. The number of hydrogen-bond donors (Lipinski definition) is 0. The third-order valence-corrected chi connectivity index (χ3v) is 4.32. The number of benzene rings is 2. The summed E-state index contributed by atoms with van der Waals surface area (Å²) >= 11 is 0. The van der Waals surface area contributed by atoms with E-state index in [0.717, 1.165) is 22.6 Å². The van der Waals surface area contributed by atoms with E-state index in [-0.39, 0.29) is 11.6 Å². The lowest BCUT2D eigenvalue weighted by Crippen LogP contribution is -2.30. The van der Waals surface area contributed by atoms with Crippen LogP contribution in [0, 0.1) is 5.41 Å². The smallest absolute Gasteiger partial charge is 0.169 e. The maximum Gasteiger partial charge on any atom is 0.169 e. The number of ketones is 2. The molecule has 0 aliphatic heterocycles. The van der Waals surface area contributed by atoms with Gasteiger partial charge in [0.25, 0.3) is 0 Å². The first-order chi connectivity index (χ1) is 12.9. The average Bonchev–Trinajstić information content (AvgIpc) is 2.70. The van der Waals surface area contributed by atoms with Crippen molar-refractivity contribution in [3.8, 4) is 11.5 Å². The van der Waals surface area contributed by atoms with E-state index in [0.29, 0.717) is 0 Å². The summed E-state index contributed by atoms with van der Waals surface area (Å²) in [6.45, 7) is 3.27. The molecule has 0 bridgehead atoms. The summed E-state index contributed by atoms with van der Waals surface area (Å²) in [6, 6.07) is 14.7. The number of ether oxygens (including phenoxy) is 2. The maximum absolute atomic E-state index is 12.5. The van der Waals surface area contributed by atoms with Crippen molar-refractivity contribution >= 4 is 23.7 Å². The van der Waals surface area contributed by atoms with Crippen molar-refractivity contribution in [1.29, 1.82) is 0 Å². The summed E-state index contributed by atoms with van der Waals surface area (Å²) in [5, 5.41) is 0. The van der Waals surface area contributed by atoms with Gasteiger partial charge in [-0.25, -0.2) is 0 Å². The van der Waals surface area contributed by atoms with Crippen LogP contribution in [0.4, 0.5) is 0 Å². The minimum Gasteiger partial charge on any atom is -0.497 e. The van der Waals surface area contributed by atoms with Crippen LogP contribution in [-0.4, -0.2) is 25.8 Å². The van der Waals surface area contributed by atoms with E-state index in [9.17, 15) is 9.59 Å². The largest absolute Gasteiger partial charge is 0.497 e. The first kappa shape index (κ1) is 20.2. The van der Waals surface area contributed by atoms with Crippen LogP contribution in [0.15, 0.2) is 60.7 Å². The van der Waals surface area contributed by atoms with Crippen LogP contribution >= 0.6 is 0 Å². The molecule has 2 aromatic carbocycles. The van der Waals surface area contributed by atoms with Gasteiger partial charge in [-0.2, -0.15) is 0 Å². The van der Waals surface area contributed by atoms with Crippen LogP contribution in [-0.2, 0) is 9.59 Å². The van der Waals surface area contributed by atoms with Gasteiger partial charge in [0.05, 0.1) is 19.6 Å². The van der Waals surface area contributed by atoms with E-state index >= 15 is 0 Å². The average molecular weight is 364 g/mol. The first-order valence-electron chi connectivity index (χ1n) is 8.60. The molecule has 0 spiro atoms. The molecule has 0 radical (unpaired) electrons. The minimum absolute atomic E-state index is 0.248. The van der Waals surface area contributed by atoms with Crippen molar-refractivity contribution in [1.82, 2.24) is 0 Å². The number of hydrogen-bond acceptors (Lipinski definition) is 4.